The first-order chi connectivity index (χ1) is 8.52. The smallest absolute Gasteiger partial charge is 0.305 e. The van der Waals surface area contributed by atoms with Gasteiger partial charge in [-0.3, -0.25) is 4.79 Å². The van der Waals surface area contributed by atoms with E-state index in [2.05, 4.69) is 14.8 Å². The molecule has 18 heavy (non-hydrogen) atoms. The van der Waals surface area contributed by atoms with E-state index >= 15 is 0 Å². The lowest BCUT2D eigenvalue weighted by molar-refractivity contribution is -0.140. The molecule has 0 aromatic rings. The summed E-state index contributed by atoms with van der Waals surface area (Å²) in [6, 6.07) is 0. The summed E-state index contributed by atoms with van der Waals surface area (Å²) in [5, 5.41) is 3.02. The number of hydrogen-bond acceptors (Lipinski definition) is 6. The average molecular weight is 282 g/mol. The van der Waals surface area contributed by atoms with Crippen LogP contribution in [0.2, 0.25) is 0 Å². The third-order valence-electron chi connectivity index (χ3n) is 2.13. The summed E-state index contributed by atoms with van der Waals surface area (Å²) in [4.78, 5) is 10.8. The minimum Gasteiger partial charge on any atom is -0.469 e. The van der Waals surface area contributed by atoms with Gasteiger partial charge in [-0.2, -0.15) is 0 Å². The van der Waals surface area contributed by atoms with Gasteiger partial charge >= 0.3 is 5.97 Å². The standard InChI is InChI=1S/C10H22N2O5S/c1-16-8-7-11-5-6-12-18(14,15)9-3-4-10(13)17-2/h11-12H,3-9H2,1-2H3. The molecule has 0 aliphatic rings. The molecule has 0 fully saturated rings. The fraction of sp³-hybridized carbons (Fsp3) is 0.900. The topological polar surface area (TPSA) is 93.7 Å². The molecule has 0 heterocycles. The van der Waals surface area contributed by atoms with Crippen molar-refractivity contribution in [2.45, 2.75) is 12.8 Å². The Balaban J connectivity index is 3.58. The Hall–Kier alpha value is -0.700. The van der Waals surface area contributed by atoms with Crippen LogP contribution in [-0.2, 0) is 24.3 Å². The van der Waals surface area contributed by atoms with Gasteiger partial charge in [0.25, 0.3) is 0 Å². The van der Waals surface area contributed by atoms with E-state index in [-0.39, 0.29) is 18.6 Å². The quantitative estimate of drug-likeness (QED) is 0.376. The Morgan fingerprint density at radius 3 is 2.50 bits per heavy atom. The molecule has 0 spiro atoms. The van der Waals surface area contributed by atoms with Gasteiger partial charge in [0.15, 0.2) is 0 Å². The highest BCUT2D eigenvalue weighted by Crippen LogP contribution is 1.95. The van der Waals surface area contributed by atoms with E-state index in [1.54, 1.807) is 7.11 Å². The van der Waals surface area contributed by atoms with Crippen LogP contribution in [0.1, 0.15) is 12.8 Å². The normalized spacial score (nSPS) is 11.4. The number of nitrogens with one attached hydrogen (secondary N) is 2. The van der Waals surface area contributed by atoms with Gasteiger partial charge in [0, 0.05) is 33.2 Å². The molecule has 0 rings (SSSR count). The second kappa shape index (κ2) is 10.2. The Bertz CT molecular complexity index is 318. The molecule has 0 aromatic heterocycles. The third kappa shape index (κ3) is 10.5. The summed E-state index contributed by atoms with van der Waals surface area (Å²) in [5.41, 5.74) is 0. The van der Waals surface area contributed by atoms with Crippen molar-refractivity contribution in [2.75, 3.05) is 46.2 Å². The molecule has 0 bridgehead atoms. The van der Waals surface area contributed by atoms with Crippen molar-refractivity contribution in [1.82, 2.24) is 10.0 Å². The van der Waals surface area contributed by atoms with Crippen molar-refractivity contribution < 1.29 is 22.7 Å². The van der Waals surface area contributed by atoms with Crippen molar-refractivity contribution in [3.63, 3.8) is 0 Å². The molecule has 0 radical (unpaired) electrons. The maximum atomic E-state index is 11.5. The molecule has 8 heteroatoms. The molecule has 0 unspecified atom stereocenters. The van der Waals surface area contributed by atoms with E-state index in [1.165, 1.54) is 7.11 Å². The van der Waals surface area contributed by atoms with Crippen LogP contribution in [0, 0.1) is 0 Å². The molecular weight excluding hydrogens is 260 g/mol. The molecule has 0 aliphatic heterocycles. The summed E-state index contributed by atoms with van der Waals surface area (Å²) in [6.07, 6.45) is 0.378. The molecule has 2 N–H and O–H groups in total. The van der Waals surface area contributed by atoms with Crippen LogP contribution in [0.25, 0.3) is 0 Å². The first-order valence-corrected chi connectivity index (χ1v) is 7.41. The third-order valence-corrected chi connectivity index (χ3v) is 3.60. The first kappa shape index (κ1) is 17.3. The van der Waals surface area contributed by atoms with Gasteiger partial charge in [-0.25, -0.2) is 13.1 Å². The predicted octanol–water partition coefficient (Wildman–Crippen LogP) is -0.905. The van der Waals surface area contributed by atoms with Gasteiger partial charge in [-0.05, 0) is 6.42 Å². The summed E-state index contributed by atoms with van der Waals surface area (Å²) < 4.78 is 34.6. The van der Waals surface area contributed by atoms with Gasteiger partial charge in [-0.15, -0.1) is 0 Å². The number of hydrogen-bond donors (Lipinski definition) is 2. The second-order valence-corrected chi connectivity index (χ2v) is 5.56. The van der Waals surface area contributed by atoms with Crippen LogP contribution in [0.15, 0.2) is 0 Å². The summed E-state index contributed by atoms with van der Waals surface area (Å²) in [6.45, 7) is 2.14. The van der Waals surface area contributed by atoms with Crippen molar-refractivity contribution in [3.05, 3.63) is 0 Å². The van der Waals surface area contributed by atoms with E-state index in [0.717, 1.165) is 0 Å². The maximum absolute atomic E-state index is 11.5. The Kier molecular flexibility index (Phi) is 9.85. The van der Waals surface area contributed by atoms with Gasteiger partial charge in [0.05, 0.1) is 19.5 Å². The zero-order chi connectivity index (χ0) is 13.9. The van der Waals surface area contributed by atoms with E-state index in [1.807, 2.05) is 0 Å². The van der Waals surface area contributed by atoms with E-state index in [0.29, 0.717) is 26.2 Å². The lowest BCUT2D eigenvalue weighted by atomic mass is 10.3. The van der Waals surface area contributed by atoms with Crippen LogP contribution in [0.4, 0.5) is 0 Å². The fourth-order valence-corrected chi connectivity index (χ4v) is 2.26. The number of esters is 1. The first-order valence-electron chi connectivity index (χ1n) is 5.75. The van der Waals surface area contributed by atoms with Gasteiger partial charge in [-0.1, -0.05) is 0 Å². The highest BCUT2D eigenvalue weighted by atomic mass is 32.2. The van der Waals surface area contributed by atoms with Crippen LogP contribution in [0.5, 0.6) is 0 Å². The molecule has 0 saturated carbocycles. The minimum atomic E-state index is -3.31. The number of sulfonamides is 1. The molecular formula is C10H22N2O5S. The van der Waals surface area contributed by atoms with Crippen molar-refractivity contribution in [1.29, 1.82) is 0 Å². The van der Waals surface area contributed by atoms with Crippen molar-refractivity contribution in [2.24, 2.45) is 0 Å². The Morgan fingerprint density at radius 1 is 1.17 bits per heavy atom. The number of rotatable bonds is 11. The lowest BCUT2D eigenvalue weighted by Crippen LogP contribution is -2.34. The summed E-state index contributed by atoms with van der Waals surface area (Å²) >= 11 is 0. The molecule has 7 nitrogen and oxygen atoms in total. The number of carbonyl (C=O) groups is 1. The van der Waals surface area contributed by atoms with Crippen LogP contribution in [0.3, 0.4) is 0 Å². The number of methoxy groups -OCH3 is 2. The Morgan fingerprint density at radius 2 is 1.89 bits per heavy atom. The molecule has 108 valence electrons. The number of ether oxygens (including phenoxy) is 2. The molecule has 0 atom stereocenters. The summed E-state index contributed by atoms with van der Waals surface area (Å²) in [5.74, 6) is -0.466. The van der Waals surface area contributed by atoms with E-state index < -0.39 is 16.0 Å². The fourth-order valence-electron chi connectivity index (χ4n) is 1.17. The average Bonchev–Trinajstić information content (AvgIpc) is 2.33. The van der Waals surface area contributed by atoms with Crippen molar-refractivity contribution in [3.8, 4) is 0 Å². The zero-order valence-corrected chi connectivity index (χ0v) is 11.7. The molecule has 0 aromatic carbocycles. The maximum Gasteiger partial charge on any atom is 0.305 e. The highest BCUT2D eigenvalue weighted by molar-refractivity contribution is 7.89. The van der Waals surface area contributed by atoms with Gasteiger partial charge < -0.3 is 14.8 Å². The minimum absolute atomic E-state index is 0.0693. The molecule has 0 aliphatic carbocycles. The second-order valence-electron chi connectivity index (χ2n) is 3.64. The SMILES string of the molecule is COCCNCCNS(=O)(=O)CCCC(=O)OC. The number of carbonyl (C=O) groups excluding carboxylic acids is 1. The predicted molar refractivity (Wildman–Crippen MR) is 67.8 cm³/mol. The van der Waals surface area contributed by atoms with Crippen LogP contribution >= 0.6 is 0 Å². The van der Waals surface area contributed by atoms with Gasteiger partial charge in [0.2, 0.25) is 10.0 Å². The molecule has 0 amide bonds. The van der Waals surface area contributed by atoms with E-state index in [4.69, 9.17) is 4.74 Å². The Labute approximate surface area is 108 Å². The largest absolute Gasteiger partial charge is 0.469 e. The zero-order valence-electron chi connectivity index (χ0n) is 10.9. The summed E-state index contributed by atoms with van der Waals surface area (Å²) in [7, 11) is -0.426. The van der Waals surface area contributed by atoms with Crippen LogP contribution < -0.4 is 10.0 Å². The van der Waals surface area contributed by atoms with Crippen molar-refractivity contribution >= 4 is 16.0 Å². The van der Waals surface area contributed by atoms with E-state index in [9.17, 15) is 13.2 Å². The van der Waals surface area contributed by atoms with Gasteiger partial charge in [0.1, 0.15) is 0 Å². The monoisotopic (exact) mass is 282 g/mol. The molecule has 0 saturated heterocycles. The lowest BCUT2D eigenvalue weighted by Gasteiger charge is -2.07. The van der Waals surface area contributed by atoms with Crippen LogP contribution in [-0.4, -0.2) is 60.6 Å². The highest BCUT2D eigenvalue weighted by Gasteiger charge is 2.10.